The van der Waals surface area contributed by atoms with Crippen LogP contribution in [0.2, 0.25) is 5.02 Å². The molecule has 1 atom stereocenters. The Bertz CT molecular complexity index is 1520. The lowest BCUT2D eigenvalue weighted by molar-refractivity contribution is 0.0685. The Morgan fingerprint density at radius 3 is 2.62 bits per heavy atom. The Balaban J connectivity index is 1.80. The predicted molar refractivity (Wildman–Crippen MR) is 120 cm³/mol. The van der Waals surface area contributed by atoms with Gasteiger partial charge in [0.25, 0.3) is 5.91 Å². The minimum Gasteiger partial charge on any atom is -0.465 e. The molecule has 2 heterocycles. The molecular weight excluding hydrogens is 470 g/mol. The van der Waals surface area contributed by atoms with E-state index < -0.39 is 40.5 Å². The first-order valence-electron chi connectivity index (χ1n) is 9.93. The van der Waals surface area contributed by atoms with Crippen LogP contribution in [0.1, 0.15) is 27.0 Å². The number of aromatic amines is 1. The van der Waals surface area contributed by atoms with Crippen molar-refractivity contribution >= 4 is 46.3 Å². The van der Waals surface area contributed by atoms with Crippen LogP contribution in [0.25, 0.3) is 11.0 Å². The maximum atomic E-state index is 15.1. The summed E-state index contributed by atoms with van der Waals surface area (Å²) in [6.45, 7) is 1.66. The lowest BCUT2D eigenvalue weighted by Gasteiger charge is -2.35. The zero-order chi connectivity index (χ0) is 24.4. The SMILES string of the molecule is Cc1ccc(Cl)cc1N1C(=O)c2c(F)ccc(F)c2C1(O)c1ccc2nc(NC(=O)O)[nH]c2c1. The number of carbonyl (C=O) groups excluding carboxylic acids is 1. The van der Waals surface area contributed by atoms with Gasteiger partial charge in [0.1, 0.15) is 11.6 Å². The minimum absolute atomic E-state index is 0.0153. The number of anilines is 2. The van der Waals surface area contributed by atoms with Gasteiger partial charge in [0.2, 0.25) is 11.7 Å². The molecule has 0 fully saturated rings. The first-order valence-corrected chi connectivity index (χ1v) is 10.3. The monoisotopic (exact) mass is 484 g/mol. The molecule has 0 saturated carbocycles. The van der Waals surface area contributed by atoms with Crippen molar-refractivity contribution in [1.82, 2.24) is 9.97 Å². The van der Waals surface area contributed by atoms with Gasteiger partial charge in [-0.25, -0.2) is 18.6 Å². The van der Waals surface area contributed by atoms with Gasteiger partial charge in [-0.05, 0) is 48.9 Å². The number of carboxylic acid groups (broad SMARTS) is 1. The zero-order valence-corrected chi connectivity index (χ0v) is 18.1. The Kier molecular flexibility index (Phi) is 4.81. The van der Waals surface area contributed by atoms with Crippen molar-refractivity contribution in [1.29, 1.82) is 0 Å². The number of hydrogen-bond acceptors (Lipinski definition) is 4. The summed E-state index contributed by atoms with van der Waals surface area (Å²) < 4.78 is 29.9. The van der Waals surface area contributed by atoms with Gasteiger partial charge < -0.3 is 15.2 Å². The van der Waals surface area contributed by atoms with E-state index in [4.69, 9.17) is 16.7 Å². The fourth-order valence-corrected chi connectivity index (χ4v) is 4.41. The molecular formula is C23H15ClF2N4O4. The smallest absolute Gasteiger partial charge is 0.411 e. The van der Waals surface area contributed by atoms with Gasteiger partial charge in [0.15, 0.2) is 0 Å². The first kappa shape index (κ1) is 21.8. The van der Waals surface area contributed by atoms with Gasteiger partial charge in [0, 0.05) is 10.6 Å². The number of imidazole rings is 1. The van der Waals surface area contributed by atoms with Crippen LogP contribution in [0.15, 0.2) is 48.5 Å². The highest BCUT2D eigenvalue weighted by Gasteiger charge is 2.54. The molecule has 8 nitrogen and oxygen atoms in total. The highest BCUT2D eigenvalue weighted by Crippen LogP contribution is 2.48. The van der Waals surface area contributed by atoms with Crippen molar-refractivity contribution in [2.75, 3.05) is 10.2 Å². The fourth-order valence-electron chi connectivity index (χ4n) is 4.24. The zero-order valence-electron chi connectivity index (χ0n) is 17.4. The maximum Gasteiger partial charge on any atom is 0.411 e. The Labute approximate surface area is 195 Å². The third kappa shape index (κ3) is 3.11. The van der Waals surface area contributed by atoms with Crippen LogP contribution >= 0.6 is 11.6 Å². The van der Waals surface area contributed by atoms with E-state index >= 15 is 4.39 Å². The maximum absolute atomic E-state index is 15.1. The number of rotatable bonds is 3. The molecule has 0 radical (unpaired) electrons. The number of benzene rings is 3. The lowest BCUT2D eigenvalue weighted by Crippen LogP contribution is -2.45. The van der Waals surface area contributed by atoms with Crippen LogP contribution in [0.5, 0.6) is 0 Å². The summed E-state index contributed by atoms with van der Waals surface area (Å²) in [5.41, 5.74) is -2.26. The molecule has 4 N–H and O–H groups in total. The van der Waals surface area contributed by atoms with Gasteiger partial charge in [-0.1, -0.05) is 23.7 Å². The predicted octanol–water partition coefficient (Wildman–Crippen LogP) is 4.75. The number of aromatic nitrogens is 2. The topological polar surface area (TPSA) is 119 Å². The normalized spacial score (nSPS) is 17.3. The van der Waals surface area contributed by atoms with Crippen molar-refractivity contribution < 1.29 is 28.6 Å². The second kappa shape index (κ2) is 7.51. The Morgan fingerprint density at radius 2 is 1.88 bits per heavy atom. The standard InChI is InChI=1S/C23H15ClF2N4O4/c1-10-2-4-12(24)9-17(10)30-20(31)18-13(25)5-6-14(26)19(18)23(30,34)11-3-7-15-16(8-11)28-21(27-15)29-22(32)33/h2-9,34H,1H3,(H,32,33)(H2,27,28,29). The summed E-state index contributed by atoms with van der Waals surface area (Å²) in [5.74, 6) is -2.99. The minimum atomic E-state index is -2.45. The summed E-state index contributed by atoms with van der Waals surface area (Å²) in [6.07, 6.45) is -1.34. The Morgan fingerprint density at radius 1 is 1.15 bits per heavy atom. The average molecular weight is 485 g/mol. The molecule has 1 aliphatic heterocycles. The molecule has 5 rings (SSSR count). The highest BCUT2D eigenvalue weighted by atomic mass is 35.5. The molecule has 4 aromatic rings. The molecule has 0 saturated heterocycles. The van der Waals surface area contributed by atoms with Gasteiger partial charge in [-0.2, -0.15) is 0 Å². The van der Waals surface area contributed by atoms with Crippen molar-refractivity contribution in [2.24, 2.45) is 0 Å². The second-order valence-corrected chi connectivity index (χ2v) is 8.21. The second-order valence-electron chi connectivity index (χ2n) is 7.77. The largest absolute Gasteiger partial charge is 0.465 e. The number of aryl methyl sites for hydroxylation is 1. The number of fused-ring (bicyclic) bond motifs is 2. The Hall–Kier alpha value is -4.02. The van der Waals surface area contributed by atoms with E-state index in [9.17, 15) is 19.1 Å². The van der Waals surface area contributed by atoms with E-state index in [2.05, 4.69) is 15.3 Å². The van der Waals surface area contributed by atoms with Crippen LogP contribution in [-0.2, 0) is 5.72 Å². The number of nitrogens with one attached hydrogen (secondary N) is 2. The number of H-pyrrole nitrogens is 1. The number of nitrogens with zero attached hydrogens (tertiary/aromatic N) is 2. The average Bonchev–Trinajstić information content (AvgIpc) is 3.28. The molecule has 0 aliphatic carbocycles. The van der Waals surface area contributed by atoms with E-state index in [0.717, 1.165) is 17.0 Å². The summed E-state index contributed by atoms with van der Waals surface area (Å²) in [7, 11) is 0. The van der Waals surface area contributed by atoms with Crippen LogP contribution in [-0.4, -0.2) is 32.2 Å². The van der Waals surface area contributed by atoms with E-state index in [1.54, 1.807) is 19.1 Å². The molecule has 0 spiro atoms. The summed E-state index contributed by atoms with van der Waals surface area (Å²) >= 11 is 6.14. The number of amides is 2. The van der Waals surface area contributed by atoms with Crippen LogP contribution in [0.3, 0.4) is 0 Å². The number of hydrogen-bond donors (Lipinski definition) is 4. The number of aliphatic hydroxyl groups is 1. The van der Waals surface area contributed by atoms with E-state index in [1.807, 2.05) is 0 Å². The molecule has 11 heteroatoms. The van der Waals surface area contributed by atoms with Gasteiger partial charge in [-0.15, -0.1) is 0 Å². The molecule has 2 amide bonds. The summed E-state index contributed by atoms with van der Waals surface area (Å²) in [4.78, 5) is 32.1. The van der Waals surface area contributed by atoms with Crippen molar-refractivity contribution in [3.05, 3.63) is 87.4 Å². The van der Waals surface area contributed by atoms with E-state index in [-0.39, 0.29) is 27.7 Å². The number of halogens is 3. The van der Waals surface area contributed by atoms with Crippen molar-refractivity contribution in [2.45, 2.75) is 12.6 Å². The quantitative estimate of drug-likeness (QED) is 0.335. The molecule has 1 aromatic heterocycles. The van der Waals surface area contributed by atoms with Crippen molar-refractivity contribution in [3.63, 3.8) is 0 Å². The van der Waals surface area contributed by atoms with Crippen LogP contribution < -0.4 is 10.2 Å². The van der Waals surface area contributed by atoms with Gasteiger partial charge in [0.05, 0.1) is 27.8 Å². The van der Waals surface area contributed by atoms with Gasteiger partial charge in [-0.3, -0.25) is 15.0 Å². The molecule has 1 aliphatic rings. The lowest BCUT2D eigenvalue weighted by atomic mass is 9.92. The van der Waals surface area contributed by atoms with E-state index in [1.165, 1.54) is 24.3 Å². The summed E-state index contributed by atoms with van der Waals surface area (Å²) in [5, 5.41) is 23.3. The molecule has 0 bridgehead atoms. The fraction of sp³-hybridized carbons (Fsp3) is 0.0870. The van der Waals surface area contributed by atoms with Crippen LogP contribution in [0.4, 0.5) is 25.2 Å². The third-order valence-corrected chi connectivity index (χ3v) is 5.95. The van der Waals surface area contributed by atoms with Crippen molar-refractivity contribution in [3.8, 4) is 0 Å². The number of carbonyl (C=O) groups is 2. The summed E-state index contributed by atoms with van der Waals surface area (Å²) in [6, 6.07) is 10.5. The third-order valence-electron chi connectivity index (χ3n) is 5.71. The first-order chi connectivity index (χ1) is 16.1. The van der Waals surface area contributed by atoms with E-state index in [0.29, 0.717) is 11.1 Å². The molecule has 1 unspecified atom stereocenters. The molecule has 172 valence electrons. The molecule has 3 aromatic carbocycles. The van der Waals surface area contributed by atoms with Gasteiger partial charge >= 0.3 is 6.09 Å². The highest BCUT2D eigenvalue weighted by molar-refractivity contribution is 6.31. The van der Waals surface area contributed by atoms with Crippen LogP contribution in [0, 0.1) is 18.6 Å². The molecule has 34 heavy (non-hydrogen) atoms.